The number of hydrogen-bond donors (Lipinski definition) is 1. The van der Waals surface area contributed by atoms with Crippen LogP contribution in [0.3, 0.4) is 0 Å². The fourth-order valence-corrected chi connectivity index (χ4v) is 1.77. The summed E-state index contributed by atoms with van der Waals surface area (Å²) < 4.78 is 0. The van der Waals surface area contributed by atoms with Crippen LogP contribution >= 0.6 is 0 Å². The van der Waals surface area contributed by atoms with Crippen molar-refractivity contribution < 1.29 is 0 Å². The van der Waals surface area contributed by atoms with Crippen molar-refractivity contribution in [3.63, 3.8) is 0 Å². The van der Waals surface area contributed by atoms with Gasteiger partial charge in [0.1, 0.15) is 0 Å². The molecule has 1 aliphatic carbocycles. The van der Waals surface area contributed by atoms with E-state index in [-0.39, 0.29) is 0 Å². The smallest absolute Gasteiger partial charge is 0.00696 e. The molecule has 1 fully saturated rings. The van der Waals surface area contributed by atoms with Crippen molar-refractivity contribution in [2.45, 2.75) is 46.1 Å². The first-order valence-corrected chi connectivity index (χ1v) is 4.27. The second-order valence-electron chi connectivity index (χ2n) is 4.55. The molecule has 2 atom stereocenters. The molecule has 0 radical (unpaired) electrons. The number of rotatable bonds is 0. The summed E-state index contributed by atoms with van der Waals surface area (Å²) in [5, 5.41) is 0. The van der Waals surface area contributed by atoms with Crippen molar-refractivity contribution in [2.24, 2.45) is 17.1 Å². The van der Waals surface area contributed by atoms with E-state index in [0.717, 1.165) is 5.92 Å². The van der Waals surface area contributed by atoms with Gasteiger partial charge in [-0.05, 0) is 30.6 Å². The maximum absolute atomic E-state index is 5.95. The summed E-state index contributed by atoms with van der Waals surface area (Å²) in [5.74, 6) is 0.744. The van der Waals surface area contributed by atoms with Crippen LogP contribution in [0.1, 0.15) is 40.0 Å². The summed E-state index contributed by atoms with van der Waals surface area (Å²) in [7, 11) is 0. The van der Waals surface area contributed by atoms with Crippen LogP contribution in [0.4, 0.5) is 0 Å². The number of nitrogens with two attached hydrogens (primary N) is 1. The van der Waals surface area contributed by atoms with Crippen LogP contribution < -0.4 is 5.73 Å². The molecule has 0 spiro atoms. The molecule has 1 saturated carbocycles. The third kappa shape index (κ3) is 1.72. The van der Waals surface area contributed by atoms with Crippen molar-refractivity contribution in [2.75, 3.05) is 0 Å². The van der Waals surface area contributed by atoms with Gasteiger partial charge in [0.05, 0.1) is 0 Å². The number of hydrogen-bond acceptors (Lipinski definition) is 1. The molecule has 0 amide bonds. The van der Waals surface area contributed by atoms with E-state index in [0.29, 0.717) is 11.5 Å². The average molecular weight is 141 g/mol. The van der Waals surface area contributed by atoms with Gasteiger partial charge >= 0.3 is 0 Å². The normalized spacial score (nSPS) is 39.6. The highest BCUT2D eigenvalue weighted by atomic mass is 14.7. The Morgan fingerprint density at radius 2 is 2.00 bits per heavy atom. The summed E-state index contributed by atoms with van der Waals surface area (Å²) in [6.07, 6.45) is 3.87. The highest BCUT2D eigenvalue weighted by molar-refractivity contribution is 4.84. The second kappa shape index (κ2) is 2.54. The van der Waals surface area contributed by atoms with Crippen molar-refractivity contribution >= 4 is 0 Å². The van der Waals surface area contributed by atoms with E-state index in [2.05, 4.69) is 20.8 Å². The van der Waals surface area contributed by atoms with Crippen molar-refractivity contribution in [3.8, 4) is 0 Å². The molecule has 1 rings (SSSR count). The minimum atomic E-state index is 0.448. The molecule has 0 aromatic heterocycles. The lowest BCUT2D eigenvalue weighted by Gasteiger charge is -2.37. The minimum Gasteiger partial charge on any atom is -0.327 e. The molecular weight excluding hydrogens is 122 g/mol. The molecule has 0 bridgehead atoms. The largest absolute Gasteiger partial charge is 0.327 e. The first-order valence-electron chi connectivity index (χ1n) is 4.27. The van der Waals surface area contributed by atoms with Crippen LogP contribution in [-0.4, -0.2) is 6.04 Å². The van der Waals surface area contributed by atoms with E-state index in [1.807, 2.05) is 0 Å². The predicted octanol–water partition coefficient (Wildman–Crippen LogP) is 2.16. The van der Waals surface area contributed by atoms with Gasteiger partial charge in [-0.25, -0.2) is 0 Å². The van der Waals surface area contributed by atoms with E-state index in [9.17, 15) is 0 Å². The van der Waals surface area contributed by atoms with Crippen molar-refractivity contribution in [3.05, 3.63) is 0 Å². The van der Waals surface area contributed by atoms with Gasteiger partial charge in [0, 0.05) is 6.04 Å². The van der Waals surface area contributed by atoms with Crippen LogP contribution in [0.25, 0.3) is 0 Å². The standard InChI is InChI=1S/C9H19N/c1-7-4-5-9(2,3)6-8(7)10/h7-8H,4-6,10H2,1-3H3/t7-,8+/m1/s1. The summed E-state index contributed by atoms with van der Waals surface area (Å²) >= 11 is 0. The fraction of sp³-hybridized carbons (Fsp3) is 1.00. The summed E-state index contributed by atoms with van der Waals surface area (Å²) in [6.45, 7) is 6.90. The average Bonchev–Trinajstić information content (AvgIpc) is 1.79. The lowest BCUT2D eigenvalue weighted by atomic mass is 9.71. The molecule has 1 aliphatic rings. The zero-order chi connectivity index (χ0) is 7.78. The molecule has 1 nitrogen and oxygen atoms in total. The first kappa shape index (κ1) is 8.06. The first-order chi connectivity index (χ1) is 4.51. The van der Waals surface area contributed by atoms with Crippen LogP contribution in [0, 0.1) is 11.3 Å². The SMILES string of the molecule is C[C@@H]1CCC(C)(C)C[C@@H]1N. The Morgan fingerprint density at radius 3 is 2.40 bits per heavy atom. The van der Waals surface area contributed by atoms with Crippen LogP contribution in [0.5, 0.6) is 0 Å². The zero-order valence-electron chi connectivity index (χ0n) is 7.35. The Bertz CT molecular complexity index is 118. The Morgan fingerprint density at radius 1 is 1.40 bits per heavy atom. The van der Waals surface area contributed by atoms with Crippen LogP contribution in [0.2, 0.25) is 0 Å². The van der Waals surface area contributed by atoms with E-state index < -0.39 is 0 Å². The van der Waals surface area contributed by atoms with E-state index >= 15 is 0 Å². The van der Waals surface area contributed by atoms with Gasteiger partial charge in [-0.3, -0.25) is 0 Å². The van der Waals surface area contributed by atoms with E-state index in [1.54, 1.807) is 0 Å². The third-order valence-electron chi connectivity index (χ3n) is 2.80. The Kier molecular flexibility index (Phi) is 2.04. The van der Waals surface area contributed by atoms with Gasteiger partial charge in [0.2, 0.25) is 0 Å². The molecular formula is C9H19N. The monoisotopic (exact) mass is 141 g/mol. The van der Waals surface area contributed by atoms with E-state index in [4.69, 9.17) is 5.73 Å². The van der Waals surface area contributed by atoms with Crippen LogP contribution in [0.15, 0.2) is 0 Å². The summed E-state index contributed by atoms with van der Waals surface area (Å²) in [4.78, 5) is 0. The molecule has 0 unspecified atom stereocenters. The van der Waals surface area contributed by atoms with Crippen molar-refractivity contribution in [1.29, 1.82) is 0 Å². The second-order valence-corrected chi connectivity index (χ2v) is 4.55. The minimum absolute atomic E-state index is 0.448. The topological polar surface area (TPSA) is 26.0 Å². The van der Waals surface area contributed by atoms with Gasteiger partial charge in [-0.2, -0.15) is 0 Å². The van der Waals surface area contributed by atoms with Crippen LogP contribution in [-0.2, 0) is 0 Å². The lowest BCUT2D eigenvalue weighted by molar-refractivity contribution is 0.174. The predicted molar refractivity (Wildman–Crippen MR) is 44.8 cm³/mol. The molecule has 0 saturated heterocycles. The molecule has 1 heteroatoms. The maximum Gasteiger partial charge on any atom is 0.00696 e. The molecule has 0 aromatic rings. The Hall–Kier alpha value is -0.0400. The maximum atomic E-state index is 5.95. The Labute approximate surface area is 64.0 Å². The summed E-state index contributed by atoms with van der Waals surface area (Å²) in [5.41, 5.74) is 6.46. The lowest BCUT2D eigenvalue weighted by Crippen LogP contribution is -2.38. The molecule has 0 aliphatic heterocycles. The molecule has 2 N–H and O–H groups in total. The highest BCUT2D eigenvalue weighted by Gasteiger charge is 2.29. The van der Waals surface area contributed by atoms with Crippen molar-refractivity contribution in [1.82, 2.24) is 0 Å². The van der Waals surface area contributed by atoms with Gasteiger partial charge in [-0.1, -0.05) is 20.8 Å². The zero-order valence-corrected chi connectivity index (χ0v) is 7.35. The molecule has 0 heterocycles. The highest BCUT2D eigenvalue weighted by Crippen LogP contribution is 2.36. The van der Waals surface area contributed by atoms with Gasteiger partial charge in [0.15, 0.2) is 0 Å². The molecule has 60 valence electrons. The Balaban J connectivity index is 2.49. The molecule has 10 heavy (non-hydrogen) atoms. The fourth-order valence-electron chi connectivity index (χ4n) is 1.77. The van der Waals surface area contributed by atoms with Gasteiger partial charge < -0.3 is 5.73 Å². The third-order valence-corrected chi connectivity index (χ3v) is 2.80. The van der Waals surface area contributed by atoms with Gasteiger partial charge in [0.25, 0.3) is 0 Å². The molecule has 0 aromatic carbocycles. The van der Waals surface area contributed by atoms with Gasteiger partial charge in [-0.15, -0.1) is 0 Å². The quantitative estimate of drug-likeness (QED) is 0.549. The van der Waals surface area contributed by atoms with E-state index in [1.165, 1.54) is 19.3 Å². The summed E-state index contributed by atoms with van der Waals surface area (Å²) in [6, 6.07) is 0.448.